The number of carbonyl (C=O) groups is 1. The molecule has 0 bridgehead atoms. The first-order valence-electron chi connectivity index (χ1n) is 9.11. The Labute approximate surface area is 154 Å². The number of thioether (sulfide) groups is 2. The summed E-state index contributed by atoms with van der Waals surface area (Å²) in [5, 5.41) is 3.42. The highest BCUT2D eigenvalue weighted by Gasteiger charge is 2.24. The number of carbonyl (C=O) groups excluding carboxylic acids is 1. The molecule has 0 aliphatic carbocycles. The fourth-order valence-corrected chi connectivity index (χ4v) is 6.23. The summed E-state index contributed by atoms with van der Waals surface area (Å²) in [6.07, 6.45) is 3.55. The van der Waals surface area contributed by atoms with E-state index in [0.29, 0.717) is 4.58 Å². The second-order valence-electron chi connectivity index (χ2n) is 6.59. The van der Waals surface area contributed by atoms with Crippen molar-refractivity contribution in [1.82, 2.24) is 10.2 Å². The Morgan fingerprint density at radius 1 is 1.17 bits per heavy atom. The summed E-state index contributed by atoms with van der Waals surface area (Å²) in [6.45, 7) is 6.05. The van der Waals surface area contributed by atoms with E-state index in [9.17, 15) is 4.79 Å². The fraction of sp³-hybridized carbons (Fsp3) is 0.632. The van der Waals surface area contributed by atoms with Gasteiger partial charge in [-0.15, -0.1) is 23.5 Å². The predicted molar refractivity (Wildman–Crippen MR) is 106 cm³/mol. The van der Waals surface area contributed by atoms with Gasteiger partial charge in [-0.25, -0.2) is 0 Å². The number of rotatable bonds is 5. The molecule has 0 radical (unpaired) electrons. The highest BCUT2D eigenvalue weighted by molar-refractivity contribution is 8.16. The van der Waals surface area contributed by atoms with Crippen molar-refractivity contribution in [3.05, 3.63) is 35.4 Å². The lowest BCUT2D eigenvalue weighted by molar-refractivity contribution is 0.0690. The zero-order valence-electron chi connectivity index (χ0n) is 14.5. The van der Waals surface area contributed by atoms with Crippen molar-refractivity contribution in [3.8, 4) is 0 Å². The minimum Gasteiger partial charge on any atom is -0.339 e. The Morgan fingerprint density at radius 2 is 1.83 bits per heavy atom. The largest absolute Gasteiger partial charge is 0.339 e. The first-order valence-corrected chi connectivity index (χ1v) is 11.2. The number of piperidine rings is 1. The van der Waals surface area contributed by atoms with E-state index >= 15 is 0 Å². The van der Waals surface area contributed by atoms with E-state index in [1.54, 1.807) is 0 Å². The summed E-state index contributed by atoms with van der Waals surface area (Å²) >= 11 is 4.05. The number of benzene rings is 1. The van der Waals surface area contributed by atoms with Crippen molar-refractivity contribution in [2.45, 2.75) is 30.8 Å². The van der Waals surface area contributed by atoms with Crippen molar-refractivity contribution >= 4 is 29.4 Å². The molecule has 2 aliphatic rings. The predicted octanol–water partition coefficient (Wildman–Crippen LogP) is 4.02. The maximum atomic E-state index is 12.7. The van der Waals surface area contributed by atoms with Crippen LogP contribution in [0.2, 0.25) is 0 Å². The van der Waals surface area contributed by atoms with E-state index in [1.165, 1.54) is 23.5 Å². The molecule has 0 saturated carbocycles. The summed E-state index contributed by atoms with van der Waals surface area (Å²) in [6, 6.07) is 8.36. The van der Waals surface area contributed by atoms with E-state index in [4.69, 9.17) is 0 Å². The van der Waals surface area contributed by atoms with Crippen LogP contribution in [-0.2, 0) is 0 Å². The van der Waals surface area contributed by atoms with Gasteiger partial charge in [-0.1, -0.05) is 19.1 Å². The maximum absolute atomic E-state index is 12.7. The molecule has 0 atom stereocenters. The molecule has 132 valence electrons. The highest BCUT2D eigenvalue weighted by atomic mass is 32.2. The van der Waals surface area contributed by atoms with Crippen LogP contribution in [0, 0.1) is 5.92 Å². The third kappa shape index (κ3) is 4.70. The van der Waals surface area contributed by atoms with Gasteiger partial charge in [0.25, 0.3) is 5.91 Å². The van der Waals surface area contributed by atoms with Gasteiger partial charge >= 0.3 is 0 Å². The average molecular weight is 365 g/mol. The number of nitrogens with one attached hydrogen (secondary N) is 1. The number of nitrogens with zero attached hydrogens (tertiary/aromatic N) is 1. The van der Waals surface area contributed by atoms with Gasteiger partial charge in [0, 0.05) is 18.7 Å². The molecule has 0 aromatic heterocycles. The van der Waals surface area contributed by atoms with Crippen LogP contribution in [0.25, 0.3) is 0 Å². The maximum Gasteiger partial charge on any atom is 0.253 e. The van der Waals surface area contributed by atoms with Gasteiger partial charge in [-0.05, 0) is 67.5 Å². The first-order chi connectivity index (χ1) is 11.8. The SMILES string of the molecule is CCNCC1CCN(C(=O)c2ccc(C3SCCCS3)cc2)CC1. The molecule has 1 aromatic rings. The number of hydrogen-bond donors (Lipinski definition) is 1. The lowest BCUT2D eigenvalue weighted by Gasteiger charge is -2.32. The quantitative estimate of drug-likeness (QED) is 0.855. The fourth-order valence-electron chi connectivity index (χ4n) is 3.33. The van der Waals surface area contributed by atoms with Crippen molar-refractivity contribution in [3.63, 3.8) is 0 Å². The second kappa shape index (κ2) is 9.16. The van der Waals surface area contributed by atoms with Gasteiger partial charge in [0.2, 0.25) is 0 Å². The average Bonchev–Trinajstić information content (AvgIpc) is 2.67. The van der Waals surface area contributed by atoms with E-state index in [-0.39, 0.29) is 5.91 Å². The number of amides is 1. The molecule has 1 aromatic carbocycles. The lowest BCUT2D eigenvalue weighted by atomic mass is 9.96. The molecule has 0 spiro atoms. The van der Waals surface area contributed by atoms with Crippen LogP contribution in [0.15, 0.2) is 24.3 Å². The third-order valence-electron chi connectivity index (χ3n) is 4.84. The van der Waals surface area contributed by atoms with Crippen molar-refractivity contribution in [2.75, 3.05) is 37.7 Å². The first kappa shape index (κ1) is 18.2. The van der Waals surface area contributed by atoms with Crippen LogP contribution >= 0.6 is 23.5 Å². The van der Waals surface area contributed by atoms with Crippen molar-refractivity contribution in [1.29, 1.82) is 0 Å². The van der Waals surface area contributed by atoms with Crippen LogP contribution in [0.1, 0.15) is 46.7 Å². The molecule has 2 aliphatic heterocycles. The van der Waals surface area contributed by atoms with Crippen molar-refractivity contribution in [2.24, 2.45) is 5.92 Å². The standard InChI is InChI=1S/C19H28N2OS2/c1-2-20-14-15-8-10-21(11-9-15)18(22)16-4-6-17(7-5-16)19-23-12-3-13-24-19/h4-7,15,19-20H,2-3,8-14H2,1H3. The Morgan fingerprint density at radius 3 is 2.46 bits per heavy atom. The Hall–Kier alpha value is -0.650. The monoisotopic (exact) mass is 364 g/mol. The van der Waals surface area contributed by atoms with E-state index < -0.39 is 0 Å². The molecule has 1 N–H and O–H groups in total. The zero-order valence-corrected chi connectivity index (χ0v) is 16.1. The number of likely N-dealkylation sites (tertiary alicyclic amines) is 1. The van der Waals surface area contributed by atoms with Crippen molar-refractivity contribution < 1.29 is 4.79 Å². The number of hydrogen-bond acceptors (Lipinski definition) is 4. The van der Waals surface area contributed by atoms with E-state index in [0.717, 1.165) is 50.5 Å². The Balaban J connectivity index is 1.53. The summed E-state index contributed by atoms with van der Waals surface area (Å²) in [5.74, 6) is 3.42. The molecule has 2 saturated heterocycles. The van der Waals surface area contributed by atoms with Crippen LogP contribution in [0.3, 0.4) is 0 Å². The normalized spacial score (nSPS) is 20.3. The molecule has 5 heteroatoms. The molecule has 3 nitrogen and oxygen atoms in total. The van der Waals surface area contributed by atoms with Crippen LogP contribution in [0.5, 0.6) is 0 Å². The molecular formula is C19H28N2OS2. The van der Waals surface area contributed by atoms with Crippen LogP contribution < -0.4 is 5.32 Å². The van der Waals surface area contributed by atoms with E-state index in [2.05, 4.69) is 24.4 Å². The van der Waals surface area contributed by atoms with Gasteiger partial charge in [0.15, 0.2) is 0 Å². The third-order valence-corrected chi connectivity index (χ3v) is 7.86. The van der Waals surface area contributed by atoms with Crippen LogP contribution in [-0.4, -0.2) is 48.5 Å². The second-order valence-corrected chi connectivity index (χ2v) is 9.32. The summed E-state index contributed by atoms with van der Waals surface area (Å²) in [5.41, 5.74) is 2.19. The van der Waals surface area contributed by atoms with Gasteiger partial charge < -0.3 is 10.2 Å². The minimum atomic E-state index is 0.201. The Bertz CT molecular complexity index is 521. The molecule has 0 unspecified atom stereocenters. The molecule has 2 heterocycles. The molecule has 3 rings (SSSR count). The minimum absolute atomic E-state index is 0.201. The lowest BCUT2D eigenvalue weighted by Crippen LogP contribution is -2.40. The highest BCUT2D eigenvalue weighted by Crippen LogP contribution is 2.43. The smallest absolute Gasteiger partial charge is 0.253 e. The summed E-state index contributed by atoms with van der Waals surface area (Å²) < 4.78 is 0.546. The zero-order chi connectivity index (χ0) is 16.8. The van der Waals surface area contributed by atoms with E-state index in [1.807, 2.05) is 40.6 Å². The Kier molecular flexibility index (Phi) is 6.93. The molecule has 1 amide bonds. The van der Waals surface area contributed by atoms with Crippen LogP contribution in [0.4, 0.5) is 0 Å². The van der Waals surface area contributed by atoms with Gasteiger partial charge in [-0.2, -0.15) is 0 Å². The molecular weight excluding hydrogens is 336 g/mol. The topological polar surface area (TPSA) is 32.3 Å². The molecule has 24 heavy (non-hydrogen) atoms. The molecule has 2 fully saturated rings. The van der Waals surface area contributed by atoms with Gasteiger partial charge in [0.05, 0.1) is 4.58 Å². The van der Waals surface area contributed by atoms with Gasteiger partial charge in [-0.3, -0.25) is 4.79 Å². The summed E-state index contributed by atoms with van der Waals surface area (Å²) in [4.78, 5) is 14.7. The van der Waals surface area contributed by atoms with Gasteiger partial charge in [0.1, 0.15) is 0 Å². The summed E-state index contributed by atoms with van der Waals surface area (Å²) in [7, 11) is 0.